The standard InChI is InChI=1S/C68H119N7O30S2.C19H21N5O2.2CO2/c1-3-5-6-9-12-28-69-56(91)16-11-8-7-10-14-41(79)27-30-107-106-29-13-15-45(80)42(21-24-59(94)75-68(105)49(84)33-48(83)52(87)36-76)73-66(103)40(18-26-61(97)98)32-47(82)44(20-23-58(93)71-35-51(86)63(100)65(102)54(89)38-78)74-67(104)39(17-25-60(95)96)31-46(81)43(72-55(90)4-2)19-22-57(92)70-34-50(85)62(99)64(101)53(88)37-77;1-2-3-4-15(25)13-8-5-12(6-9-13)7-10-14-11-21-17-16(22-14)18(26)24-19(20)23-17;2*2-1-3/h39-40,42-44,48-54,62-65,68,76-78,83-89,99-102,105H,3-38H2,1-2H3,(H,69,91)(H,70,92)(H,71,93)(H,72,90)(H,73,103)(H,74,104)(H,75,94)(H,95,96)(H,97,98);5-6,8-9,11H,2-4,7,10H2,1H3,(H3,20,21,23,24,26);;/t39-,40-,42+,43+,44+,48+,49-,50+,51+,52-,53-,54-,62-,63-,64-,65-,68+;;;/m1.../s1. The second-order valence-corrected chi connectivity index (χ2v) is 35.4. The van der Waals surface area contributed by atoms with Crippen molar-refractivity contribution in [3.8, 4) is 0 Å². The molecule has 2 aromatic heterocycles. The summed E-state index contributed by atoms with van der Waals surface area (Å²) in [6.45, 7) is 1.73. The first-order chi connectivity index (χ1) is 66.0. The largest absolute Gasteiger partial charge is 0.481 e. The van der Waals surface area contributed by atoms with E-state index in [2.05, 4.69) is 65.7 Å². The third-order valence-electron chi connectivity index (χ3n) is 21.5. The maximum Gasteiger partial charge on any atom is 0.373 e. The van der Waals surface area contributed by atoms with Crippen molar-refractivity contribution >= 4 is 133 Å². The number of carbonyl (C=O) groups excluding carboxylic acids is 16. The van der Waals surface area contributed by atoms with Gasteiger partial charge in [0.05, 0.1) is 68.1 Å². The number of hydrogen-bond donors (Lipinski definition) is 26. The Morgan fingerprint density at radius 1 is 0.439 bits per heavy atom. The second-order valence-electron chi connectivity index (χ2n) is 32.7. The topological polar surface area (TPSA) is 833 Å². The molecule has 0 unspecified atom stereocenters. The van der Waals surface area contributed by atoms with Crippen molar-refractivity contribution in [1.82, 2.24) is 57.2 Å². The van der Waals surface area contributed by atoms with Gasteiger partial charge in [0.2, 0.25) is 47.3 Å². The molecule has 2 heterocycles. The smallest absolute Gasteiger partial charge is 0.373 e. The Bertz CT molecular complexity index is 4330. The number of aliphatic hydroxyl groups is 15. The van der Waals surface area contributed by atoms with Gasteiger partial charge < -0.3 is 130 Å². The van der Waals surface area contributed by atoms with E-state index >= 15 is 0 Å². The van der Waals surface area contributed by atoms with Crippen LogP contribution in [-0.2, 0) is 94.3 Å². The molecule has 0 bridgehead atoms. The molecule has 0 saturated carbocycles. The zero-order valence-corrected chi connectivity index (χ0v) is 79.9. The molecule has 50 heteroatoms. The Hall–Kier alpha value is -10.3. The summed E-state index contributed by atoms with van der Waals surface area (Å²) in [7, 11) is 2.70. The first-order valence-electron chi connectivity index (χ1n) is 45.9. The van der Waals surface area contributed by atoms with E-state index in [9.17, 15) is 149 Å². The summed E-state index contributed by atoms with van der Waals surface area (Å²) in [6.07, 6.45) is -17.9. The monoisotopic (exact) mass is 2020 g/mol. The van der Waals surface area contributed by atoms with Crippen LogP contribution in [0, 0.1) is 11.8 Å². The molecule has 17 atom stereocenters. The lowest BCUT2D eigenvalue weighted by atomic mass is 9.89. The zero-order chi connectivity index (χ0) is 105. The molecule has 0 fully saturated rings. The summed E-state index contributed by atoms with van der Waals surface area (Å²) in [5.41, 5.74) is 8.10. The predicted molar refractivity (Wildman–Crippen MR) is 494 cm³/mol. The van der Waals surface area contributed by atoms with Gasteiger partial charge in [0, 0.05) is 138 Å². The van der Waals surface area contributed by atoms with E-state index in [1.807, 2.05) is 29.6 Å². The number of aromatic amines is 1. The molecule has 0 aliphatic heterocycles. The van der Waals surface area contributed by atoms with Crippen molar-refractivity contribution in [2.75, 3.05) is 56.7 Å². The summed E-state index contributed by atoms with van der Waals surface area (Å²) in [6, 6.07) is 2.55. The lowest BCUT2D eigenvalue weighted by molar-refractivity contribution is -0.193. The highest BCUT2D eigenvalue weighted by Gasteiger charge is 2.37. The highest BCUT2D eigenvalue weighted by molar-refractivity contribution is 8.76. The van der Waals surface area contributed by atoms with E-state index in [-0.39, 0.29) is 72.6 Å². The van der Waals surface area contributed by atoms with Gasteiger partial charge in [0.1, 0.15) is 54.6 Å². The van der Waals surface area contributed by atoms with Crippen LogP contribution in [-0.4, -0.2) is 344 Å². The molecular formula is C89H140N12O36S2. The summed E-state index contributed by atoms with van der Waals surface area (Å²) in [4.78, 5) is 244. The van der Waals surface area contributed by atoms with Crippen molar-refractivity contribution in [3.05, 3.63) is 57.6 Å². The SMILES string of the molecule is CCCCC(=O)c1ccc(CCc2cnc3nc(N)[nH]c(=O)c3n2)cc1.CCCCCCCNC(=O)CCCCCCC(=O)CCSSCCCC(=O)[C@H](CCC(=O)N[C@@H](O)[C@H](O)C[C@H](O)[C@H](O)CO)NC(=O)[C@H](CCC(=O)O)CC(=O)[C@H](CCC(=O)NC[C@H](O)[C@@H](O)[C@H](O)[C@H](O)CO)NC(=O)[C@H](CCC(=O)O)CC(=O)[C@H](CCC(=O)NC[C@H](O)[C@@H](O)[C@H](O)[C@H](O)CO)NC(=O)CC.O=C=O.O=C=O. The van der Waals surface area contributed by atoms with Crippen molar-refractivity contribution in [3.63, 3.8) is 0 Å². The fourth-order valence-electron chi connectivity index (χ4n) is 13.2. The van der Waals surface area contributed by atoms with Crippen LogP contribution in [0.1, 0.15) is 241 Å². The number of fused-ring (bicyclic) bond motifs is 1. The fourth-order valence-corrected chi connectivity index (χ4v) is 15.3. The number of rotatable bonds is 74. The van der Waals surface area contributed by atoms with Crippen LogP contribution >= 0.6 is 21.6 Å². The van der Waals surface area contributed by atoms with Crippen LogP contribution in [0.2, 0.25) is 0 Å². The molecule has 0 aliphatic rings. The number of benzene rings is 1. The number of nitrogen functional groups attached to an aromatic ring is 1. The van der Waals surface area contributed by atoms with E-state index in [4.69, 9.17) is 35.1 Å². The number of amides is 7. The third kappa shape index (κ3) is 57.3. The number of nitrogens with two attached hydrogens (primary N) is 1. The van der Waals surface area contributed by atoms with Gasteiger partial charge in [-0.05, 0) is 82.6 Å². The number of Topliss-reactive ketones (excluding diaryl/α,β-unsaturated/α-hetero) is 5. The summed E-state index contributed by atoms with van der Waals surface area (Å²) < 4.78 is 0. The molecule has 139 heavy (non-hydrogen) atoms. The van der Waals surface area contributed by atoms with Gasteiger partial charge >= 0.3 is 24.2 Å². The van der Waals surface area contributed by atoms with Crippen LogP contribution in [0.25, 0.3) is 11.2 Å². The number of carboxylic acids is 2. The number of unbranched alkanes of at least 4 members (excludes halogenated alkanes) is 8. The Labute approximate surface area is 810 Å². The molecule has 0 radical (unpaired) electrons. The summed E-state index contributed by atoms with van der Waals surface area (Å²) in [5.74, 6) is -14.3. The molecule has 0 spiro atoms. The lowest BCUT2D eigenvalue weighted by Gasteiger charge is -2.26. The van der Waals surface area contributed by atoms with Gasteiger partial charge in [0.15, 0.2) is 40.5 Å². The molecular weight excluding hydrogens is 1880 g/mol. The number of aryl methyl sites for hydroxylation is 2. The van der Waals surface area contributed by atoms with Crippen LogP contribution in [0.5, 0.6) is 0 Å². The van der Waals surface area contributed by atoms with Crippen molar-refractivity contribution in [1.29, 1.82) is 0 Å². The number of H-pyrrole nitrogens is 1. The Kier molecular flexibility index (Phi) is 69.9. The van der Waals surface area contributed by atoms with Crippen LogP contribution in [0.3, 0.4) is 0 Å². The third-order valence-corrected chi connectivity index (χ3v) is 24.0. The van der Waals surface area contributed by atoms with E-state index in [1.165, 1.54) is 34.9 Å². The molecule has 784 valence electrons. The second kappa shape index (κ2) is 75.6. The number of nitrogens with one attached hydrogen (secondary N) is 8. The number of carbonyl (C=O) groups is 14. The Morgan fingerprint density at radius 3 is 1.40 bits per heavy atom. The number of ketones is 5. The molecule has 7 amide bonds. The number of aliphatic carboxylic acids is 2. The average Bonchev–Trinajstić information content (AvgIpc) is 0.806. The number of nitrogens with zero attached hydrogens (tertiary/aromatic N) is 3. The molecule has 3 rings (SSSR count). The van der Waals surface area contributed by atoms with Crippen LogP contribution in [0.15, 0.2) is 35.3 Å². The van der Waals surface area contributed by atoms with E-state index < -0.39 is 290 Å². The van der Waals surface area contributed by atoms with Gasteiger partial charge in [-0.3, -0.25) is 76.9 Å². The van der Waals surface area contributed by atoms with Crippen molar-refractivity contribution in [2.45, 2.75) is 324 Å². The lowest BCUT2D eigenvalue weighted by Crippen LogP contribution is -2.50. The normalized spacial score (nSPS) is 14.7. The quantitative estimate of drug-likeness (QED) is 0.0113. The van der Waals surface area contributed by atoms with E-state index in [1.54, 1.807) is 6.20 Å². The van der Waals surface area contributed by atoms with E-state index in [0.29, 0.717) is 62.3 Å². The number of anilines is 1. The summed E-state index contributed by atoms with van der Waals surface area (Å²) in [5, 5.41) is 185. The fraction of sp³-hybridized carbons (Fsp3) is 0.685. The van der Waals surface area contributed by atoms with E-state index in [0.717, 1.165) is 68.9 Å². The first-order valence-corrected chi connectivity index (χ1v) is 48.3. The number of hydrogen-bond acceptors (Lipinski definition) is 40. The highest BCUT2D eigenvalue weighted by atomic mass is 33.1. The molecule has 0 aliphatic carbocycles. The minimum atomic E-state index is -2.15. The van der Waals surface area contributed by atoms with Gasteiger partial charge in [0.25, 0.3) is 5.56 Å². The minimum Gasteiger partial charge on any atom is -0.481 e. The van der Waals surface area contributed by atoms with Crippen LogP contribution < -0.4 is 48.5 Å². The maximum absolute atomic E-state index is 14.7. The predicted octanol–water partition coefficient (Wildman–Crippen LogP) is -3.52. The summed E-state index contributed by atoms with van der Waals surface area (Å²) >= 11 is 0. The molecule has 48 nitrogen and oxygen atoms in total. The van der Waals surface area contributed by atoms with Gasteiger partial charge in [-0.1, -0.05) is 112 Å². The minimum absolute atomic E-state index is 0.0115. The van der Waals surface area contributed by atoms with Gasteiger partial charge in [-0.25, -0.2) is 9.97 Å². The Morgan fingerprint density at radius 2 is 0.899 bits per heavy atom. The maximum atomic E-state index is 14.7. The number of carboxylic acid groups (broad SMARTS) is 2. The molecule has 3 aromatic rings. The molecule has 0 saturated heterocycles. The highest BCUT2D eigenvalue weighted by Crippen LogP contribution is 2.26. The number of aliphatic hydroxyl groups excluding tert-OH is 15. The molecule has 27 N–H and O–H groups in total. The number of aromatic nitrogens is 4. The van der Waals surface area contributed by atoms with Crippen LogP contribution in [0.4, 0.5) is 5.95 Å². The molecule has 1 aromatic carbocycles. The first kappa shape index (κ1) is 129. The average molecular weight is 2020 g/mol. The van der Waals surface area contributed by atoms with Crippen molar-refractivity contribution < 1.29 is 173 Å². The zero-order valence-electron chi connectivity index (χ0n) is 78.3. The van der Waals surface area contributed by atoms with Gasteiger partial charge in [-0.15, -0.1) is 0 Å². The van der Waals surface area contributed by atoms with Gasteiger partial charge in [-0.2, -0.15) is 24.2 Å². The van der Waals surface area contributed by atoms with Crippen molar-refractivity contribution in [2.24, 2.45) is 11.8 Å². The Balaban J connectivity index is 0.00000495.